The molecule has 0 aliphatic heterocycles. The van der Waals surface area contributed by atoms with Gasteiger partial charge in [0.1, 0.15) is 0 Å². The zero-order valence-electron chi connectivity index (χ0n) is 6.88. The molecule has 0 saturated heterocycles. The van der Waals surface area contributed by atoms with Gasteiger partial charge in [-0.1, -0.05) is 12.8 Å². The number of hydrogen-bond acceptors (Lipinski definition) is 2. The molecule has 0 heterocycles. The van der Waals surface area contributed by atoms with Crippen molar-refractivity contribution in [1.82, 2.24) is 0 Å². The van der Waals surface area contributed by atoms with Crippen LogP contribution in [0.5, 0.6) is 0 Å². The standard InChI is InChI=1S/C9H15NS/c10-6-3-7-11-8-9-4-1-2-5-9/h9H,1-5,7-8H2. The number of hydrogen-bond donors (Lipinski definition) is 0. The van der Waals surface area contributed by atoms with Crippen LogP contribution in [-0.2, 0) is 0 Å². The fourth-order valence-corrected chi connectivity index (χ4v) is 2.61. The molecule has 1 rings (SSSR count). The fraction of sp³-hybridized carbons (Fsp3) is 0.889. The van der Waals surface area contributed by atoms with Gasteiger partial charge in [-0.25, -0.2) is 0 Å². The predicted octanol–water partition coefficient (Wildman–Crippen LogP) is 2.82. The van der Waals surface area contributed by atoms with Crippen molar-refractivity contribution in [1.29, 1.82) is 5.26 Å². The number of thioether (sulfide) groups is 1. The number of rotatable bonds is 4. The molecule has 0 aromatic carbocycles. The van der Waals surface area contributed by atoms with Gasteiger partial charge in [0, 0.05) is 12.2 Å². The van der Waals surface area contributed by atoms with Crippen LogP contribution in [0, 0.1) is 17.2 Å². The van der Waals surface area contributed by atoms with Gasteiger partial charge in [0.05, 0.1) is 6.07 Å². The molecule has 2 heteroatoms. The smallest absolute Gasteiger partial charge is 0.0630 e. The van der Waals surface area contributed by atoms with Crippen LogP contribution in [0.3, 0.4) is 0 Å². The van der Waals surface area contributed by atoms with Crippen LogP contribution in [0.4, 0.5) is 0 Å². The lowest BCUT2D eigenvalue weighted by molar-refractivity contribution is 0.623. The van der Waals surface area contributed by atoms with Gasteiger partial charge in [-0.15, -0.1) is 0 Å². The third-order valence-electron chi connectivity index (χ3n) is 2.19. The number of nitrogens with zero attached hydrogens (tertiary/aromatic N) is 1. The zero-order valence-corrected chi connectivity index (χ0v) is 7.70. The van der Waals surface area contributed by atoms with Crippen molar-refractivity contribution >= 4 is 11.8 Å². The molecule has 11 heavy (non-hydrogen) atoms. The van der Waals surface area contributed by atoms with Gasteiger partial charge in [0.15, 0.2) is 0 Å². The van der Waals surface area contributed by atoms with Crippen molar-refractivity contribution < 1.29 is 0 Å². The topological polar surface area (TPSA) is 23.8 Å². The second kappa shape index (κ2) is 5.49. The maximum atomic E-state index is 8.29. The van der Waals surface area contributed by atoms with E-state index in [1.807, 2.05) is 11.8 Å². The van der Waals surface area contributed by atoms with E-state index in [-0.39, 0.29) is 0 Å². The SMILES string of the molecule is N#CCCSCC1CCCC1. The van der Waals surface area contributed by atoms with Crippen molar-refractivity contribution in [2.45, 2.75) is 32.1 Å². The van der Waals surface area contributed by atoms with Gasteiger partial charge >= 0.3 is 0 Å². The highest BCUT2D eigenvalue weighted by molar-refractivity contribution is 7.99. The molecule has 0 amide bonds. The van der Waals surface area contributed by atoms with Crippen LogP contribution in [0.1, 0.15) is 32.1 Å². The highest BCUT2D eigenvalue weighted by Crippen LogP contribution is 2.27. The minimum Gasteiger partial charge on any atom is -0.198 e. The average molecular weight is 169 g/mol. The second-order valence-electron chi connectivity index (χ2n) is 3.13. The van der Waals surface area contributed by atoms with Crippen molar-refractivity contribution in [2.75, 3.05) is 11.5 Å². The van der Waals surface area contributed by atoms with Crippen molar-refractivity contribution in [2.24, 2.45) is 5.92 Å². The van der Waals surface area contributed by atoms with Crippen molar-refractivity contribution in [3.63, 3.8) is 0 Å². The molecule has 0 bridgehead atoms. The molecule has 1 nitrogen and oxygen atoms in total. The molecule has 1 fully saturated rings. The Kier molecular flexibility index (Phi) is 4.45. The van der Waals surface area contributed by atoms with Gasteiger partial charge in [0.2, 0.25) is 0 Å². The van der Waals surface area contributed by atoms with Crippen LogP contribution in [0.25, 0.3) is 0 Å². The Morgan fingerprint density at radius 2 is 2.09 bits per heavy atom. The molecule has 0 aromatic rings. The lowest BCUT2D eigenvalue weighted by Crippen LogP contribution is -1.96. The van der Waals surface area contributed by atoms with Crippen LogP contribution >= 0.6 is 11.8 Å². The van der Waals surface area contributed by atoms with Crippen molar-refractivity contribution in [3.8, 4) is 6.07 Å². The Balaban J connectivity index is 1.90. The molecule has 0 aromatic heterocycles. The predicted molar refractivity (Wildman–Crippen MR) is 49.5 cm³/mol. The summed E-state index contributed by atoms with van der Waals surface area (Å²) in [5.74, 6) is 3.30. The first-order valence-corrected chi connectivity index (χ1v) is 5.53. The summed E-state index contributed by atoms with van der Waals surface area (Å²) in [6, 6.07) is 2.17. The molecule has 0 unspecified atom stereocenters. The van der Waals surface area contributed by atoms with Gasteiger partial charge in [0.25, 0.3) is 0 Å². The van der Waals surface area contributed by atoms with E-state index in [1.165, 1.54) is 31.4 Å². The molecule has 1 saturated carbocycles. The zero-order chi connectivity index (χ0) is 7.94. The third kappa shape index (κ3) is 3.67. The van der Waals surface area contributed by atoms with Crippen LogP contribution < -0.4 is 0 Å². The molecule has 1 aliphatic carbocycles. The summed E-state index contributed by atoms with van der Waals surface area (Å²) in [4.78, 5) is 0. The highest BCUT2D eigenvalue weighted by atomic mass is 32.2. The van der Waals surface area contributed by atoms with E-state index in [2.05, 4.69) is 6.07 Å². The van der Waals surface area contributed by atoms with E-state index in [4.69, 9.17) is 5.26 Å². The molecule has 0 N–H and O–H groups in total. The van der Waals surface area contributed by atoms with Crippen LogP contribution in [-0.4, -0.2) is 11.5 Å². The van der Waals surface area contributed by atoms with E-state index in [0.717, 1.165) is 18.1 Å². The summed E-state index contributed by atoms with van der Waals surface area (Å²) in [6.07, 6.45) is 6.45. The van der Waals surface area contributed by atoms with E-state index in [9.17, 15) is 0 Å². The third-order valence-corrected chi connectivity index (χ3v) is 3.39. The van der Waals surface area contributed by atoms with E-state index in [1.54, 1.807) is 0 Å². The minimum absolute atomic E-state index is 0.720. The Labute approximate surface area is 73.2 Å². The molecule has 1 aliphatic rings. The Hall–Kier alpha value is -0.160. The molecular weight excluding hydrogens is 154 g/mol. The minimum atomic E-state index is 0.720. The first-order chi connectivity index (χ1) is 5.43. The van der Waals surface area contributed by atoms with Gasteiger partial charge < -0.3 is 0 Å². The Morgan fingerprint density at radius 1 is 1.36 bits per heavy atom. The lowest BCUT2D eigenvalue weighted by Gasteiger charge is -2.05. The van der Waals surface area contributed by atoms with Crippen LogP contribution in [0.2, 0.25) is 0 Å². The first-order valence-electron chi connectivity index (χ1n) is 4.38. The highest BCUT2D eigenvalue weighted by Gasteiger charge is 2.13. The van der Waals surface area contributed by atoms with Gasteiger partial charge in [-0.3, -0.25) is 0 Å². The summed E-state index contributed by atoms with van der Waals surface area (Å²) in [5, 5.41) is 8.29. The van der Waals surface area contributed by atoms with Crippen molar-refractivity contribution in [3.05, 3.63) is 0 Å². The van der Waals surface area contributed by atoms with Crippen LogP contribution in [0.15, 0.2) is 0 Å². The quantitative estimate of drug-likeness (QED) is 0.604. The molecule has 0 atom stereocenters. The number of nitriles is 1. The fourth-order valence-electron chi connectivity index (χ4n) is 1.54. The molecule has 62 valence electrons. The molecule has 0 radical (unpaired) electrons. The van der Waals surface area contributed by atoms with Gasteiger partial charge in [-0.2, -0.15) is 17.0 Å². The van der Waals surface area contributed by atoms with E-state index < -0.39 is 0 Å². The summed E-state index contributed by atoms with van der Waals surface area (Å²) < 4.78 is 0. The molecular formula is C9H15NS. The van der Waals surface area contributed by atoms with Gasteiger partial charge in [-0.05, 0) is 24.5 Å². The lowest BCUT2D eigenvalue weighted by atomic mass is 10.1. The maximum absolute atomic E-state index is 8.29. The van der Waals surface area contributed by atoms with E-state index in [0.29, 0.717) is 0 Å². The summed E-state index contributed by atoms with van der Waals surface area (Å²) in [7, 11) is 0. The second-order valence-corrected chi connectivity index (χ2v) is 4.28. The Morgan fingerprint density at radius 3 is 2.73 bits per heavy atom. The van der Waals surface area contributed by atoms with E-state index >= 15 is 0 Å². The summed E-state index contributed by atoms with van der Waals surface area (Å²) >= 11 is 1.95. The Bertz CT molecular complexity index is 133. The largest absolute Gasteiger partial charge is 0.198 e. The average Bonchev–Trinajstić information content (AvgIpc) is 2.50. The summed E-state index contributed by atoms with van der Waals surface area (Å²) in [6.45, 7) is 0. The molecule has 0 spiro atoms. The maximum Gasteiger partial charge on any atom is 0.0630 e. The first kappa shape index (κ1) is 8.93. The monoisotopic (exact) mass is 169 g/mol. The summed E-state index contributed by atoms with van der Waals surface area (Å²) in [5.41, 5.74) is 0. The normalized spacial score (nSPS) is 18.5.